The maximum Gasteiger partial charge on any atom is 0.126 e. The topological polar surface area (TPSA) is 63.9 Å². The Bertz CT molecular complexity index is 543. The van der Waals surface area contributed by atoms with E-state index in [2.05, 4.69) is 16.9 Å². The second kappa shape index (κ2) is 6.09. The third kappa shape index (κ3) is 3.20. The van der Waals surface area contributed by atoms with E-state index in [9.17, 15) is 0 Å². The van der Waals surface area contributed by atoms with Crippen LogP contribution in [0.2, 0.25) is 0 Å². The molecule has 0 fully saturated rings. The van der Waals surface area contributed by atoms with Gasteiger partial charge in [-0.3, -0.25) is 0 Å². The zero-order chi connectivity index (χ0) is 14.6. The molecule has 0 aliphatic rings. The summed E-state index contributed by atoms with van der Waals surface area (Å²) < 4.78 is 5.44. The quantitative estimate of drug-likeness (QED) is 0.847. The van der Waals surface area contributed by atoms with Gasteiger partial charge in [-0.2, -0.15) is 0 Å². The molecule has 3 N–H and O–H groups in total. The van der Waals surface area contributed by atoms with Crippen LogP contribution in [0.1, 0.15) is 39.4 Å². The molecule has 1 aromatic heterocycles. The van der Waals surface area contributed by atoms with E-state index in [1.165, 1.54) is 0 Å². The molecule has 0 amide bonds. The van der Waals surface area contributed by atoms with Gasteiger partial charge in [-0.25, -0.2) is 4.98 Å². The van der Waals surface area contributed by atoms with Gasteiger partial charge in [0.1, 0.15) is 11.6 Å². The van der Waals surface area contributed by atoms with Gasteiger partial charge in [-0.1, -0.05) is 13.3 Å². The van der Waals surface area contributed by atoms with Gasteiger partial charge >= 0.3 is 0 Å². The maximum atomic E-state index is 6.29. The number of nitrogens with one attached hydrogen (secondary N) is 1. The average Bonchev–Trinajstić information content (AvgIpc) is 2.90. The molecule has 0 bridgehead atoms. The van der Waals surface area contributed by atoms with Gasteiger partial charge in [-0.05, 0) is 50.1 Å². The molecule has 4 nitrogen and oxygen atoms in total. The fourth-order valence-corrected chi connectivity index (χ4v) is 2.29. The van der Waals surface area contributed by atoms with E-state index in [1.807, 2.05) is 44.3 Å². The van der Waals surface area contributed by atoms with Gasteiger partial charge in [0.15, 0.2) is 0 Å². The van der Waals surface area contributed by atoms with Crippen LogP contribution in [-0.2, 0) is 5.54 Å². The molecule has 1 unspecified atom stereocenters. The SMILES string of the molecule is CCCC(C)(N)c1ncc(-c2ccc(OCC)cc2)[nH]1. The molecule has 108 valence electrons. The molecule has 0 aliphatic carbocycles. The number of nitrogens with two attached hydrogens (primary N) is 1. The highest BCUT2D eigenvalue weighted by molar-refractivity contribution is 5.59. The number of aromatic nitrogens is 2. The molecule has 1 aromatic carbocycles. The van der Waals surface area contributed by atoms with Crippen molar-refractivity contribution in [2.24, 2.45) is 5.73 Å². The van der Waals surface area contributed by atoms with E-state index in [4.69, 9.17) is 10.5 Å². The Kier molecular flexibility index (Phi) is 4.45. The normalized spacial score (nSPS) is 14.0. The van der Waals surface area contributed by atoms with E-state index >= 15 is 0 Å². The van der Waals surface area contributed by atoms with Crippen molar-refractivity contribution in [3.8, 4) is 17.0 Å². The van der Waals surface area contributed by atoms with Crippen LogP contribution >= 0.6 is 0 Å². The van der Waals surface area contributed by atoms with Crippen molar-refractivity contribution < 1.29 is 4.74 Å². The number of hydrogen-bond acceptors (Lipinski definition) is 3. The smallest absolute Gasteiger partial charge is 0.126 e. The average molecular weight is 273 g/mol. The summed E-state index contributed by atoms with van der Waals surface area (Å²) in [5, 5.41) is 0. The first-order valence-electron chi connectivity index (χ1n) is 7.14. The molecule has 0 saturated carbocycles. The van der Waals surface area contributed by atoms with Gasteiger partial charge in [0, 0.05) is 0 Å². The fourth-order valence-electron chi connectivity index (χ4n) is 2.29. The summed E-state index contributed by atoms with van der Waals surface area (Å²) in [4.78, 5) is 7.76. The van der Waals surface area contributed by atoms with Crippen molar-refractivity contribution in [3.63, 3.8) is 0 Å². The highest BCUT2D eigenvalue weighted by Gasteiger charge is 2.23. The molecule has 1 heterocycles. The maximum absolute atomic E-state index is 6.29. The van der Waals surface area contributed by atoms with Crippen LogP contribution in [0.3, 0.4) is 0 Å². The first kappa shape index (κ1) is 14.6. The van der Waals surface area contributed by atoms with Crippen LogP contribution in [0.4, 0.5) is 0 Å². The predicted molar refractivity (Wildman–Crippen MR) is 81.6 cm³/mol. The first-order valence-corrected chi connectivity index (χ1v) is 7.14. The van der Waals surface area contributed by atoms with Crippen molar-refractivity contribution in [2.45, 2.75) is 39.2 Å². The molecule has 0 spiro atoms. The van der Waals surface area contributed by atoms with Crippen molar-refractivity contribution in [3.05, 3.63) is 36.3 Å². The number of ether oxygens (including phenoxy) is 1. The van der Waals surface area contributed by atoms with Gasteiger partial charge in [0.25, 0.3) is 0 Å². The molecular weight excluding hydrogens is 250 g/mol. The Morgan fingerprint density at radius 1 is 1.25 bits per heavy atom. The van der Waals surface area contributed by atoms with Crippen LogP contribution in [0.5, 0.6) is 5.75 Å². The summed E-state index contributed by atoms with van der Waals surface area (Å²) in [7, 11) is 0. The fraction of sp³-hybridized carbons (Fsp3) is 0.438. The van der Waals surface area contributed by atoms with E-state index in [0.29, 0.717) is 6.61 Å². The molecule has 0 radical (unpaired) electrons. The highest BCUT2D eigenvalue weighted by Crippen LogP contribution is 2.25. The van der Waals surface area contributed by atoms with Crippen molar-refractivity contribution in [2.75, 3.05) is 6.61 Å². The molecule has 20 heavy (non-hydrogen) atoms. The third-order valence-electron chi connectivity index (χ3n) is 3.36. The summed E-state index contributed by atoms with van der Waals surface area (Å²) in [6.07, 6.45) is 3.78. The summed E-state index contributed by atoms with van der Waals surface area (Å²) in [5.41, 5.74) is 7.95. The van der Waals surface area contributed by atoms with Crippen molar-refractivity contribution >= 4 is 0 Å². The van der Waals surface area contributed by atoms with E-state index < -0.39 is 5.54 Å². The molecule has 2 aromatic rings. The van der Waals surface area contributed by atoms with Crippen LogP contribution < -0.4 is 10.5 Å². The number of aromatic amines is 1. The number of H-pyrrole nitrogens is 1. The lowest BCUT2D eigenvalue weighted by atomic mass is 9.97. The van der Waals surface area contributed by atoms with Gasteiger partial charge in [0.05, 0.1) is 24.0 Å². The van der Waals surface area contributed by atoms with Gasteiger partial charge in [-0.15, -0.1) is 0 Å². The standard InChI is InChI=1S/C16H23N3O/c1-4-10-16(3,17)15-18-11-14(19-15)12-6-8-13(9-7-12)20-5-2/h6-9,11H,4-5,10,17H2,1-3H3,(H,18,19). The lowest BCUT2D eigenvalue weighted by Crippen LogP contribution is -2.34. The number of benzene rings is 1. The summed E-state index contributed by atoms with van der Waals surface area (Å²) >= 11 is 0. The minimum absolute atomic E-state index is 0.405. The monoisotopic (exact) mass is 273 g/mol. The Balaban J connectivity index is 2.20. The van der Waals surface area contributed by atoms with Gasteiger partial charge in [0.2, 0.25) is 0 Å². The second-order valence-electron chi connectivity index (χ2n) is 5.27. The summed E-state index contributed by atoms with van der Waals surface area (Å²) in [6, 6.07) is 7.98. The molecular formula is C16H23N3O. The molecule has 2 rings (SSSR count). The van der Waals surface area contributed by atoms with Crippen LogP contribution in [0.15, 0.2) is 30.5 Å². The number of nitrogens with zero attached hydrogens (tertiary/aromatic N) is 1. The highest BCUT2D eigenvalue weighted by atomic mass is 16.5. The van der Waals surface area contributed by atoms with E-state index in [0.717, 1.165) is 35.7 Å². The van der Waals surface area contributed by atoms with Crippen molar-refractivity contribution in [1.82, 2.24) is 9.97 Å². The Morgan fingerprint density at radius 3 is 2.55 bits per heavy atom. The number of rotatable bonds is 6. The Hall–Kier alpha value is -1.81. The lowest BCUT2D eigenvalue weighted by molar-refractivity contribution is 0.340. The first-order chi connectivity index (χ1) is 9.56. The largest absolute Gasteiger partial charge is 0.494 e. The molecule has 0 aliphatic heterocycles. The van der Waals surface area contributed by atoms with Crippen molar-refractivity contribution in [1.29, 1.82) is 0 Å². The lowest BCUT2D eigenvalue weighted by Gasteiger charge is -2.21. The Labute approximate surface area is 120 Å². The van der Waals surface area contributed by atoms with Crippen LogP contribution in [0, 0.1) is 0 Å². The Morgan fingerprint density at radius 2 is 1.95 bits per heavy atom. The summed E-state index contributed by atoms with van der Waals surface area (Å²) in [6.45, 7) is 6.79. The zero-order valence-corrected chi connectivity index (χ0v) is 12.4. The summed E-state index contributed by atoms with van der Waals surface area (Å²) in [5.74, 6) is 1.72. The van der Waals surface area contributed by atoms with Crippen LogP contribution in [0.25, 0.3) is 11.3 Å². The van der Waals surface area contributed by atoms with E-state index in [-0.39, 0.29) is 0 Å². The number of hydrogen-bond donors (Lipinski definition) is 2. The van der Waals surface area contributed by atoms with Gasteiger partial charge < -0.3 is 15.5 Å². The minimum Gasteiger partial charge on any atom is -0.494 e. The zero-order valence-electron chi connectivity index (χ0n) is 12.4. The minimum atomic E-state index is -0.405. The predicted octanol–water partition coefficient (Wildman–Crippen LogP) is 3.45. The molecule has 4 heteroatoms. The third-order valence-corrected chi connectivity index (χ3v) is 3.36. The second-order valence-corrected chi connectivity index (χ2v) is 5.27. The molecule has 1 atom stereocenters. The molecule has 0 saturated heterocycles. The van der Waals surface area contributed by atoms with E-state index in [1.54, 1.807) is 0 Å². The van der Waals surface area contributed by atoms with Crippen LogP contribution in [-0.4, -0.2) is 16.6 Å². The number of imidazole rings is 1.